The highest BCUT2D eigenvalue weighted by Crippen LogP contribution is 2.34. The molecule has 3 aromatic rings. The average Bonchev–Trinajstić information content (AvgIpc) is 3.03. The van der Waals surface area contributed by atoms with Crippen LogP contribution in [0.15, 0.2) is 77.7 Å². The van der Waals surface area contributed by atoms with Crippen LogP contribution in [0.4, 0.5) is 11.4 Å². The normalized spacial score (nSPS) is 15.7. The van der Waals surface area contributed by atoms with E-state index in [0.29, 0.717) is 6.42 Å². The highest BCUT2D eigenvalue weighted by Gasteiger charge is 2.28. The van der Waals surface area contributed by atoms with Crippen molar-refractivity contribution in [2.45, 2.75) is 24.3 Å². The summed E-state index contributed by atoms with van der Waals surface area (Å²) in [5.74, 6) is -0.131. The van der Waals surface area contributed by atoms with Gasteiger partial charge in [0.05, 0.1) is 11.4 Å². The topological polar surface area (TPSA) is 92.5 Å². The van der Waals surface area contributed by atoms with Gasteiger partial charge >= 0.3 is 0 Å². The van der Waals surface area contributed by atoms with Crippen LogP contribution in [0.1, 0.15) is 12.5 Å². The Morgan fingerprint density at radius 1 is 1.07 bits per heavy atom. The third-order valence-electron chi connectivity index (χ3n) is 5.34. The van der Waals surface area contributed by atoms with E-state index >= 15 is 0 Å². The molecule has 0 saturated heterocycles. The standard InChI is InChI=1S/C23H23N3O3S/c1-16-13-18-14-19(30(24,28)29)11-12-22(18)26(16)15-23(27)25-21-10-6-5-9-20(21)17-7-3-2-4-8-17/h2-12,14,16H,13,15H2,1H3,(H,25,27)(H2,24,28,29)/t16-/m0/s1. The number of hydrogen-bond donors (Lipinski definition) is 2. The maximum Gasteiger partial charge on any atom is 0.243 e. The molecule has 1 aliphatic rings. The molecule has 4 rings (SSSR count). The number of nitrogens with one attached hydrogen (secondary N) is 1. The Bertz CT molecular complexity index is 1190. The molecule has 7 heteroatoms. The third kappa shape index (κ3) is 4.08. The molecule has 1 heterocycles. The second-order valence-electron chi connectivity index (χ2n) is 7.48. The van der Waals surface area contributed by atoms with E-state index < -0.39 is 10.0 Å². The third-order valence-corrected chi connectivity index (χ3v) is 6.25. The molecule has 0 spiro atoms. The number of para-hydroxylation sites is 1. The maximum atomic E-state index is 12.9. The highest BCUT2D eigenvalue weighted by atomic mass is 32.2. The Morgan fingerprint density at radius 3 is 2.50 bits per heavy atom. The van der Waals surface area contributed by atoms with Crippen molar-refractivity contribution in [3.8, 4) is 11.1 Å². The van der Waals surface area contributed by atoms with Gasteiger partial charge in [-0.3, -0.25) is 4.79 Å². The van der Waals surface area contributed by atoms with E-state index in [9.17, 15) is 13.2 Å². The van der Waals surface area contributed by atoms with Gasteiger partial charge in [0.2, 0.25) is 15.9 Å². The molecule has 154 valence electrons. The van der Waals surface area contributed by atoms with Gasteiger partial charge in [-0.15, -0.1) is 0 Å². The highest BCUT2D eigenvalue weighted by molar-refractivity contribution is 7.89. The molecule has 30 heavy (non-hydrogen) atoms. The van der Waals surface area contributed by atoms with E-state index in [-0.39, 0.29) is 23.4 Å². The van der Waals surface area contributed by atoms with E-state index in [1.54, 1.807) is 12.1 Å². The lowest BCUT2D eigenvalue weighted by Crippen LogP contribution is -2.37. The van der Waals surface area contributed by atoms with Gasteiger partial charge in [-0.25, -0.2) is 13.6 Å². The van der Waals surface area contributed by atoms with E-state index in [0.717, 1.165) is 28.1 Å². The van der Waals surface area contributed by atoms with Crippen molar-refractivity contribution >= 4 is 27.3 Å². The Kier molecular flexibility index (Phi) is 5.32. The van der Waals surface area contributed by atoms with Crippen molar-refractivity contribution in [2.75, 3.05) is 16.8 Å². The summed E-state index contributed by atoms with van der Waals surface area (Å²) in [4.78, 5) is 14.9. The lowest BCUT2D eigenvalue weighted by atomic mass is 10.0. The molecule has 0 bridgehead atoms. The SMILES string of the molecule is C[C@H]1Cc2cc(S(N)(=O)=O)ccc2N1CC(=O)Nc1ccccc1-c1ccccc1. The second-order valence-corrected chi connectivity index (χ2v) is 9.04. The van der Waals surface area contributed by atoms with Gasteiger partial charge in [0, 0.05) is 23.0 Å². The molecule has 0 radical (unpaired) electrons. The molecule has 0 fully saturated rings. The number of carbonyl (C=O) groups excluding carboxylic acids is 1. The number of sulfonamides is 1. The Hall–Kier alpha value is -3.16. The van der Waals surface area contributed by atoms with Crippen LogP contribution in [-0.4, -0.2) is 26.9 Å². The minimum absolute atomic E-state index is 0.0749. The number of nitrogens with zero attached hydrogens (tertiary/aromatic N) is 1. The first kappa shape index (κ1) is 20.1. The summed E-state index contributed by atoms with van der Waals surface area (Å²) in [5, 5.41) is 8.27. The van der Waals surface area contributed by atoms with Crippen molar-refractivity contribution in [3.63, 3.8) is 0 Å². The molecule has 1 atom stereocenters. The van der Waals surface area contributed by atoms with Crippen molar-refractivity contribution in [1.29, 1.82) is 0 Å². The van der Waals surface area contributed by atoms with Gasteiger partial charge in [-0.2, -0.15) is 0 Å². The summed E-state index contributed by atoms with van der Waals surface area (Å²) < 4.78 is 23.3. The quantitative estimate of drug-likeness (QED) is 0.660. The molecular weight excluding hydrogens is 398 g/mol. The van der Waals surface area contributed by atoms with Crippen LogP contribution in [0.25, 0.3) is 11.1 Å². The first-order chi connectivity index (χ1) is 14.3. The molecule has 1 aliphatic heterocycles. The number of benzene rings is 3. The fourth-order valence-corrected chi connectivity index (χ4v) is 4.46. The number of carbonyl (C=O) groups is 1. The summed E-state index contributed by atoms with van der Waals surface area (Å²) in [6.45, 7) is 2.19. The maximum absolute atomic E-state index is 12.9. The van der Waals surface area contributed by atoms with Crippen molar-refractivity contribution in [3.05, 3.63) is 78.4 Å². The summed E-state index contributed by atoms with van der Waals surface area (Å²) in [7, 11) is -3.75. The van der Waals surface area contributed by atoms with Gasteiger partial charge in [0.25, 0.3) is 0 Å². The van der Waals surface area contributed by atoms with Crippen LogP contribution in [0, 0.1) is 0 Å². The fourth-order valence-electron chi connectivity index (χ4n) is 3.90. The number of amides is 1. The Morgan fingerprint density at radius 2 is 1.77 bits per heavy atom. The minimum atomic E-state index is -3.75. The van der Waals surface area contributed by atoms with Crippen LogP contribution in [0.2, 0.25) is 0 Å². The zero-order valence-electron chi connectivity index (χ0n) is 16.6. The average molecular weight is 422 g/mol. The predicted octanol–water partition coefficient (Wildman–Crippen LogP) is 3.39. The van der Waals surface area contributed by atoms with Crippen molar-refractivity contribution in [2.24, 2.45) is 5.14 Å². The van der Waals surface area contributed by atoms with Crippen LogP contribution in [0.5, 0.6) is 0 Å². The van der Waals surface area contributed by atoms with Crippen molar-refractivity contribution < 1.29 is 13.2 Å². The van der Waals surface area contributed by atoms with Gasteiger partial charge in [-0.1, -0.05) is 48.5 Å². The number of hydrogen-bond acceptors (Lipinski definition) is 4. The summed E-state index contributed by atoms with van der Waals surface area (Å²) in [6, 6.07) is 22.5. The summed E-state index contributed by atoms with van der Waals surface area (Å²) in [6.07, 6.45) is 0.659. The molecule has 0 saturated carbocycles. The van der Waals surface area contributed by atoms with E-state index in [1.807, 2.05) is 66.4 Å². The molecule has 0 unspecified atom stereocenters. The summed E-state index contributed by atoms with van der Waals surface area (Å²) >= 11 is 0. The number of fused-ring (bicyclic) bond motifs is 1. The van der Waals surface area contributed by atoms with Crippen LogP contribution in [0.3, 0.4) is 0 Å². The molecule has 0 aromatic heterocycles. The Labute approximate surface area is 176 Å². The smallest absolute Gasteiger partial charge is 0.243 e. The number of primary sulfonamides is 1. The van der Waals surface area contributed by atoms with E-state index in [1.165, 1.54) is 6.07 Å². The van der Waals surface area contributed by atoms with Crippen LogP contribution < -0.4 is 15.4 Å². The fraction of sp³-hybridized carbons (Fsp3) is 0.174. The van der Waals surface area contributed by atoms with Gasteiger partial charge in [-0.05, 0) is 48.7 Å². The van der Waals surface area contributed by atoms with Crippen molar-refractivity contribution in [1.82, 2.24) is 0 Å². The Balaban J connectivity index is 1.54. The van der Waals surface area contributed by atoms with Gasteiger partial charge in [0.15, 0.2) is 0 Å². The molecule has 0 aliphatic carbocycles. The largest absolute Gasteiger partial charge is 0.359 e. The van der Waals surface area contributed by atoms with E-state index in [2.05, 4.69) is 5.32 Å². The number of nitrogens with two attached hydrogens (primary N) is 1. The second kappa shape index (κ2) is 7.93. The first-order valence-electron chi connectivity index (χ1n) is 9.69. The summed E-state index contributed by atoms with van der Waals surface area (Å²) in [5.41, 5.74) is 4.49. The molecule has 3 N–H and O–H groups in total. The molecule has 3 aromatic carbocycles. The zero-order chi connectivity index (χ0) is 21.3. The molecule has 6 nitrogen and oxygen atoms in total. The van der Waals surface area contributed by atoms with Gasteiger partial charge in [0.1, 0.15) is 0 Å². The lowest BCUT2D eigenvalue weighted by Gasteiger charge is -2.24. The van der Waals surface area contributed by atoms with Crippen LogP contribution >= 0.6 is 0 Å². The molecular formula is C23H23N3O3S. The van der Waals surface area contributed by atoms with Gasteiger partial charge < -0.3 is 10.2 Å². The molecule has 1 amide bonds. The monoisotopic (exact) mass is 421 g/mol. The first-order valence-corrected chi connectivity index (χ1v) is 11.2. The number of anilines is 2. The number of rotatable bonds is 5. The lowest BCUT2D eigenvalue weighted by molar-refractivity contribution is -0.115. The predicted molar refractivity (Wildman–Crippen MR) is 119 cm³/mol. The van der Waals surface area contributed by atoms with Crippen LogP contribution in [-0.2, 0) is 21.2 Å². The minimum Gasteiger partial charge on any atom is -0.359 e. The van der Waals surface area contributed by atoms with E-state index in [4.69, 9.17) is 5.14 Å². The zero-order valence-corrected chi connectivity index (χ0v) is 17.4.